The molecule has 0 radical (unpaired) electrons. The summed E-state index contributed by atoms with van der Waals surface area (Å²) in [5, 5.41) is 2.74. The minimum absolute atomic E-state index is 0.0603. The van der Waals surface area contributed by atoms with Gasteiger partial charge in [0.1, 0.15) is 10.6 Å². The summed E-state index contributed by atoms with van der Waals surface area (Å²) >= 11 is 0. The summed E-state index contributed by atoms with van der Waals surface area (Å²) < 4.78 is 68.8. The van der Waals surface area contributed by atoms with Crippen LogP contribution in [0.15, 0.2) is 53.4 Å². The lowest BCUT2D eigenvalue weighted by Gasteiger charge is -2.28. The van der Waals surface area contributed by atoms with E-state index in [2.05, 4.69) is 5.32 Å². The van der Waals surface area contributed by atoms with E-state index >= 15 is 0 Å². The van der Waals surface area contributed by atoms with E-state index in [0.717, 1.165) is 24.6 Å². The number of rotatable bonds is 8. The Kier molecular flexibility index (Phi) is 7.94. The SMILES string of the molecule is CCNC(=O)N(Cc1cccc(OS(=O)(=O)c2cccc(C(F)(F)F)c2)c1)[C@H](C)CC. The van der Waals surface area contributed by atoms with Crippen LogP contribution in [0.2, 0.25) is 0 Å². The first-order valence-corrected chi connectivity index (χ1v) is 11.1. The lowest BCUT2D eigenvalue weighted by Crippen LogP contribution is -2.44. The highest BCUT2D eigenvalue weighted by molar-refractivity contribution is 7.87. The minimum atomic E-state index is -4.68. The molecule has 1 N–H and O–H groups in total. The number of carbonyl (C=O) groups excluding carboxylic acids is 1. The number of nitrogens with zero attached hydrogens (tertiary/aromatic N) is 1. The molecule has 0 heterocycles. The zero-order valence-electron chi connectivity index (χ0n) is 17.4. The van der Waals surface area contributed by atoms with Crippen molar-refractivity contribution < 1.29 is 30.6 Å². The lowest BCUT2D eigenvalue weighted by molar-refractivity contribution is -0.137. The van der Waals surface area contributed by atoms with Gasteiger partial charge in [0.15, 0.2) is 0 Å². The lowest BCUT2D eigenvalue weighted by atomic mass is 10.1. The van der Waals surface area contributed by atoms with Crippen LogP contribution in [0.1, 0.15) is 38.3 Å². The second-order valence-corrected chi connectivity index (χ2v) is 8.48. The van der Waals surface area contributed by atoms with Gasteiger partial charge in [-0.05, 0) is 56.2 Å². The Morgan fingerprint density at radius 3 is 2.42 bits per heavy atom. The van der Waals surface area contributed by atoms with Crippen molar-refractivity contribution in [2.75, 3.05) is 6.54 Å². The number of halogens is 3. The highest BCUT2D eigenvalue weighted by Crippen LogP contribution is 2.31. The summed E-state index contributed by atoms with van der Waals surface area (Å²) in [6.45, 7) is 6.32. The largest absolute Gasteiger partial charge is 0.416 e. The van der Waals surface area contributed by atoms with Crippen molar-refractivity contribution in [3.8, 4) is 5.75 Å². The molecule has 170 valence electrons. The number of alkyl halides is 3. The fourth-order valence-corrected chi connectivity index (χ4v) is 3.77. The van der Waals surface area contributed by atoms with Crippen molar-refractivity contribution in [1.29, 1.82) is 0 Å². The smallest absolute Gasteiger partial charge is 0.379 e. The van der Waals surface area contributed by atoms with E-state index in [-0.39, 0.29) is 24.4 Å². The second-order valence-electron chi connectivity index (χ2n) is 6.93. The first-order chi connectivity index (χ1) is 14.5. The summed E-state index contributed by atoms with van der Waals surface area (Å²) in [5.74, 6) is -0.0603. The number of hydrogen-bond acceptors (Lipinski definition) is 4. The third kappa shape index (κ3) is 6.61. The van der Waals surface area contributed by atoms with E-state index in [9.17, 15) is 26.4 Å². The summed E-state index contributed by atoms with van der Waals surface area (Å²) in [7, 11) is -4.48. The van der Waals surface area contributed by atoms with Gasteiger partial charge in [-0.3, -0.25) is 0 Å². The van der Waals surface area contributed by atoms with Crippen molar-refractivity contribution in [2.24, 2.45) is 0 Å². The second kappa shape index (κ2) is 10.0. The van der Waals surface area contributed by atoms with Gasteiger partial charge in [0.25, 0.3) is 0 Å². The van der Waals surface area contributed by atoms with Gasteiger partial charge >= 0.3 is 22.3 Å². The van der Waals surface area contributed by atoms with Crippen molar-refractivity contribution >= 4 is 16.1 Å². The molecule has 0 aliphatic carbocycles. The molecule has 2 aromatic carbocycles. The fraction of sp³-hybridized carbons (Fsp3) is 0.381. The highest BCUT2D eigenvalue weighted by atomic mass is 32.2. The van der Waals surface area contributed by atoms with Crippen LogP contribution in [0.4, 0.5) is 18.0 Å². The maximum atomic E-state index is 12.9. The number of urea groups is 1. The predicted octanol–water partition coefficient (Wildman–Crippen LogP) is 4.80. The molecule has 2 amide bonds. The summed E-state index contributed by atoms with van der Waals surface area (Å²) in [4.78, 5) is 13.4. The molecule has 0 aliphatic rings. The molecule has 0 bridgehead atoms. The summed E-state index contributed by atoms with van der Waals surface area (Å²) in [5.41, 5.74) is -0.472. The zero-order valence-corrected chi connectivity index (χ0v) is 18.3. The minimum Gasteiger partial charge on any atom is -0.379 e. The molecule has 0 aliphatic heterocycles. The van der Waals surface area contributed by atoms with Crippen LogP contribution >= 0.6 is 0 Å². The zero-order chi connectivity index (χ0) is 23.2. The Balaban J connectivity index is 2.26. The number of carbonyl (C=O) groups is 1. The monoisotopic (exact) mass is 458 g/mol. The molecule has 0 aromatic heterocycles. The Bertz CT molecular complexity index is 1010. The van der Waals surface area contributed by atoms with Crippen LogP contribution in [0.25, 0.3) is 0 Å². The Hall–Kier alpha value is -2.75. The van der Waals surface area contributed by atoms with Crippen molar-refractivity contribution in [2.45, 2.75) is 50.9 Å². The molecule has 0 saturated heterocycles. The van der Waals surface area contributed by atoms with Crippen LogP contribution in [-0.2, 0) is 22.8 Å². The molecule has 1 atom stereocenters. The van der Waals surface area contributed by atoms with E-state index in [4.69, 9.17) is 4.18 Å². The third-order valence-corrected chi connectivity index (χ3v) is 5.86. The maximum absolute atomic E-state index is 12.9. The normalized spacial score (nSPS) is 12.8. The molecule has 6 nitrogen and oxygen atoms in total. The topological polar surface area (TPSA) is 75.7 Å². The standard InChI is InChI=1S/C21H25F3N2O4S/c1-4-15(3)26(20(27)25-5-2)14-16-8-6-10-18(12-16)30-31(28,29)19-11-7-9-17(13-19)21(22,23)24/h6-13,15H,4-5,14H2,1-3H3,(H,25,27)/t15-/m1/s1. The molecule has 31 heavy (non-hydrogen) atoms. The van der Waals surface area contributed by atoms with Crippen molar-refractivity contribution in [3.63, 3.8) is 0 Å². The quantitative estimate of drug-likeness (QED) is 0.577. The first kappa shape index (κ1) is 24.5. The van der Waals surface area contributed by atoms with Gasteiger partial charge in [-0.25, -0.2) is 4.79 Å². The number of hydrogen-bond donors (Lipinski definition) is 1. The third-order valence-electron chi connectivity index (χ3n) is 4.62. The Labute approximate surface area is 180 Å². The fourth-order valence-electron chi connectivity index (χ4n) is 2.80. The van der Waals surface area contributed by atoms with Crippen LogP contribution < -0.4 is 9.50 Å². The average molecular weight is 459 g/mol. The van der Waals surface area contributed by atoms with Gasteiger partial charge in [-0.1, -0.05) is 25.1 Å². The van der Waals surface area contributed by atoms with Gasteiger partial charge < -0.3 is 14.4 Å². The predicted molar refractivity (Wildman–Crippen MR) is 110 cm³/mol. The molecule has 10 heteroatoms. The van der Waals surface area contributed by atoms with Gasteiger partial charge in [0, 0.05) is 19.1 Å². The molecule has 0 unspecified atom stereocenters. The molecule has 0 fully saturated rings. The van der Waals surface area contributed by atoms with E-state index in [1.165, 1.54) is 12.1 Å². The van der Waals surface area contributed by atoms with E-state index < -0.39 is 26.8 Å². The Morgan fingerprint density at radius 1 is 1.13 bits per heavy atom. The molecule has 2 rings (SSSR count). The van der Waals surface area contributed by atoms with Crippen molar-refractivity contribution in [1.82, 2.24) is 10.2 Å². The van der Waals surface area contributed by atoms with Gasteiger partial charge in [-0.15, -0.1) is 0 Å². The molecular formula is C21H25F3N2O4S. The Morgan fingerprint density at radius 2 is 1.81 bits per heavy atom. The van der Waals surface area contributed by atoms with E-state index in [1.54, 1.807) is 24.0 Å². The number of amides is 2. The van der Waals surface area contributed by atoms with E-state index in [0.29, 0.717) is 18.2 Å². The number of nitrogens with one attached hydrogen (secondary N) is 1. The number of benzene rings is 2. The van der Waals surface area contributed by atoms with E-state index in [1.807, 2.05) is 13.8 Å². The highest BCUT2D eigenvalue weighted by Gasteiger charge is 2.32. The van der Waals surface area contributed by atoms with Gasteiger partial charge in [-0.2, -0.15) is 21.6 Å². The average Bonchev–Trinajstić information content (AvgIpc) is 2.71. The molecular weight excluding hydrogens is 433 g/mol. The van der Waals surface area contributed by atoms with Gasteiger partial charge in [0.05, 0.1) is 5.56 Å². The van der Waals surface area contributed by atoms with Gasteiger partial charge in [0.2, 0.25) is 0 Å². The first-order valence-electron chi connectivity index (χ1n) is 9.73. The molecule has 2 aromatic rings. The van der Waals surface area contributed by atoms with Crippen LogP contribution in [0.5, 0.6) is 5.75 Å². The van der Waals surface area contributed by atoms with Crippen LogP contribution in [-0.4, -0.2) is 31.9 Å². The molecule has 0 saturated carbocycles. The maximum Gasteiger partial charge on any atom is 0.416 e. The van der Waals surface area contributed by atoms with Crippen LogP contribution in [0, 0.1) is 0 Å². The van der Waals surface area contributed by atoms with Crippen molar-refractivity contribution in [3.05, 3.63) is 59.7 Å². The molecule has 0 spiro atoms. The summed E-state index contributed by atoms with van der Waals surface area (Å²) in [6, 6.07) is 9.12. The summed E-state index contributed by atoms with van der Waals surface area (Å²) in [6.07, 6.45) is -3.96. The van der Waals surface area contributed by atoms with Crippen LogP contribution in [0.3, 0.4) is 0 Å².